The van der Waals surface area contributed by atoms with Crippen LogP contribution in [0.3, 0.4) is 0 Å². The summed E-state index contributed by atoms with van der Waals surface area (Å²) in [5.74, 6) is -1.15. The summed E-state index contributed by atoms with van der Waals surface area (Å²) in [6, 6.07) is 5.16. The topological polar surface area (TPSA) is 25.2 Å². The molecule has 0 saturated carbocycles. The summed E-state index contributed by atoms with van der Waals surface area (Å²) < 4.78 is 31.6. The summed E-state index contributed by atoms with van der Waals surface area (Å²) in [5.41, 5.74) is 1.37. The van der Waals surface area contributed by atoms with Crippen molar-refractivity contribution < 1.29 is 13.2 Å². The van der Waals surface area contributed by atoms with Gasteiger partial charge in [0.1, 0.15) is 11.6 Å². The molecule has 1 atom stereocenters. The van der Waals surface area contributed by atoms with E-state index in [1.165, 1.54) is 18.4 Å². The molecule has 2 rings (SSSR count). The van der Waals surface area contributed by atoms with Crippen molar-refractivity contribution in [3.63, 3.8) is 0 Å². The van der Waals surface area contributed by atoms with Gasteiger partial charge in [0.25, 0.3) is 0 Å². The second kappa shape index (κ2) is 6.86. The Morgan fingerprint density at radius 3 is 2.50 bits per heavy atom. The van der Waals surface area contributed by atoms with Crippen LogP contribution in [0.15, 0.2) is 34.9 Å². The first-order valence-electron chi connectivity index (χ1n) is 6.51. The Morgan fingerprint density at radius 2 is 1.95 bits per heavy atom. The van der Waals surface area contributed by atoms with Gasteiger partial charge in [0.05, 0.1) is 6.26 Å². The molecule has 0 aliphatic heterocycles. The van der Waals surface area contributed by atoms with E-state index in [4.69, 9.17) is 16.0 Å². The molecular formula is C15H16ClF2NO. The number of nitrogens with one attached hydrogen (secondary N) is 1. The van der Waals surface area contributed by atoms with Crippen molar-refractivity contribution in [3.8, 4) is 0 Å². The van der Waals surface area contributed by atoms with Crippen molar-refractivity contribution in [2.75, 3.05) is 6.54 Å². The lowest BCUT2D eigenvalue weighted by atomic mass is 10.0. The van der Waals surface area contributed by atoms with Crippen molar-refractivity contribution in [1.29, 1.82) is 0 Å². The van der Waals surface area contributed by atoms with Crippen LogP contribution in [0.5, 0.6) is 0 Å². The highest BCUT2D eigenvalue weighted by Gasteiger charge is 2.17. The van der Waals surface area contributed by atoms with E-state index in [0.717, 1.165) is 24.6 Å². The fraction of sp³-hybridized carbons (Fsp3) is 0.333. The maximum atomic E-state index is 13.2. The molecule has 0 saturated heterocycles. The number of benzene rings is 1. The third-order valence-electron chi connectivity index (χ3n) is 3.02. The van der Waals surface area contributed by atoms with Crippen molar-refractivity contribution in [2.24, 2.45) is 0 Å². The normalized spacial score (nSPS) is 12.6. The summed E-state index contributed by atoms with van der Waals surface area (Å²) in [4.78, 5) is 0. The molecule has 0 bridgehead atoms. The molecule has 1 aromatic carbocycles. The molecule has 108 valence electrons. The molecule has 20 heavy (non-hydrogen) atoms. The van der Waals surface area contributed by atoms with Crippen LogP contribution in [0.1, 0.15) is 30.5 Å². The van der Waals surface area contributed by atoms with Gasteiger partial charge in [0, 0.05) is 17.7 Å². The van der Waals surface area contributed by atoms with E-state index in [-0.39, 0.29) is 6.04 Å². The fourth-order valence-corrected chi connectivity index (χ4v) is 2.38. The molecule has 0 aliphatic carbocycles. The van der Waals surface area contributed by atoms with Gasteiger partial charge in [-0.25, -0.2) is 8.78 Å². The summed E-state index contributed by atoms with van der Waals surface area (Å²) in [7, 11) is 0. The molecule has 0 radical (unpaired) electrons. The van der Waals surface area contributed by atoms with E-state index in [0.29, 0.717) is 17.2 Å². The molecule has 0 amide bonds. The molecular weight excluding hydrogens is 284 g/mol. The SMILES string of the molecule is CCCNC(Cc1cc(F)cc(F)c1)c1ccoc1Cl. The van der Waals surface area contributed by atoms with Crippen molar-refractivity contribution >= 4 is 11.6 Å². The van der Waals surface area contributed by atoms with Crippen LogP contribution in [0.4, 0.5) is 8.78 Å². The summed E-state index contributed by atoms with van der Waals surface area (Å²) in [6.07, 6.45) is 2.89. The molecule has 1 aromatic heterocycles. The zero-order valence-corrected chi connectivity index (χ0v) is 11.9. The molecule has 0 fully saturated rings. The zero-order chi connectivity index (χ0) is 14.5. The van der Waals surface area contributed by atoms with E-state index in [1.54, 1.807) is 6.07 Å². The lowest BCUT2D eigenvalue weighted by Crippen LogP contribution is -2.24. The molecule has 0 aliphatic rings. The molecule has 2 nitrogen and oxygen atoms in total. The molecule has 1 N–H and O–H groups in total. The van der Waals surface area contributed by atoms with Crippen LogP contribution in [0.2, 0.25) is 5.22 Å². The molecule has 1 unspecified atom stereocenters. The van der Waals surface area contributed by atoms with Gasteiger partial charge in [0.15, 0.2) is 5.22 Å². The van der Waals surface area contributed by atoms with Crippen LogP contribution in [-0.4, -0.2) is 6.54 Å². The fourth-order valence-electron chi connectivity index (χ4n) is 2.13. The Morgan fingerprint density at radius 1 is 1.25 bits per heavy atom. The van der Waals surface area contributed by atoms with Gasteiger partial charge in [-0.15, -0.1) is 0 Å². The van der Waals surface area contributed by atoms with E-state index < -0.39 is 11.6 Å². The van der Waals surface area contributed by atoms with Crippen LogP contribution < -0.4 is 5.32 Å². The quantitative estimate of drug-likeness (QED) is 0.850. The monoisotopic (exact) mass is 299 g/mol. The number of hydrogen-bond donors (Lipinski definition) is 1. The number of halogens is 3. The first-order chi connectivity index (χ1) is 9.60. The van der Waals surface area contributed by atoms with Gasteiger partial charge < -0.3 is 9.73 Å². The van der Waals surface area contributed by atoms with Crippen molar-refractivity contribution in [2.45, 2.75) is 25.8 Å². The third kappa shape index (κ3) is 3.81. The average molecular weight is 300 g/mol. The van der Waals surface area contributed by atoms with Crippen molar-refractivity contribution in [3.05, 3.63) is 58.5 Å². The van der Waals surface area contributed by atoms with E-state index in [9.17, 15) is 8.78 Å². The third-order valence-corrected chi connectivity index (χ3v) is 3.33. The maximum Gasteiger partial charge on any atom is 0.197 e. The van der Waals surface area contributed by atoms with Gasteiger partial charge in [-0.2, -0.15) is 0 Å². The second-order valence-corrected chi connectivity index (χ2v) is 4.98. The van der Waals surface area contributed by atoms with Gasteiger partial charge in [-0.1, -0.05) is 6.92 Å². The Hall–Kier alpha value is -1.39. The standard InChI is InChI=1S/C15H16ClF2NO/c1-2-4-19-14(13-3-5-20-15(13)16)8-10-6-11(17)9-12(18)7-10/h3,5-7,9,14,19H,2,4,8H2,1H3. The van der Waals surface area contributed by atoms with Crippen LogP contribution in [-0.2, 0) is 6.42 Å². The smallest absolute Gasteiger partial charge is 0.197 e. The number of hydrogen-bond acceptors (Lipinski definition) is 2. The largest absolute Gasteiger partial charge is 0.453 e. The predicted octanol–water partition coefficient (Wildman–Crippen LogP) is 4.49. The average Bonchev–Trinajstić information content (AvgIpc) is 2.79. The minimum Gasteiger partial charge on any atom is -0.453 e. The Balaban J connectivity index is 2.21. The summed E-state index contributed by atoms with van der Waals surface area (Å²) in [5, 5.41) is 3.61. The Kier molecular flexibility index (Phi) is 5.15. The van der Waals surface area contributed by atoms with Gasteiger partial charge >= 0.3 is 0 Å². The van der Waals surface area contributed by atoms with Gasteiger partial charge in [-0.05, 0) is 54.7 Å². The van der Waals surface area contributed by atoms with Gasteiger partial charge in [0.2, 0.25) is 0 Å². The van der Waals surface area contributed by atoms with Crippen LogP contribution >= 0.6 is 11.6 Å². The number of furan rings is 1. The van der Waals surface area contributed by atoms with Crippen molar-refractivity contribution in [1.82, 2.24) is 5.32 Å². The lowest BCUT2D eigenvalue weighted by molar-refractivity contribution is 0.509. The van der Waals surface area contributed by atoms with E-state index >= 15 is 0 Å². The molecule has 0 spiro atoms. The Bertz CT molecular complexity index is 551. The second-order valence-electron chi connectivity index (χ2n) is 4.64. The zero-order valence-electron chi connectivity index (χ0n) is 11.1. The minimum absolute atomic E-state index is 0.137. The number of rotatable bonds is 6. The predicted molar refractivity (Wildman–Crippen MR) is 74.8 cm³/mol. The minimum atomic E-state index is -0.576. The molecule has 2 aromatic rings. The van der Waals surface area contributed by atoms with Gasteiger partial charge in [-0.3, -0.25) is 0 Å². The molecule has 1 heterocycles. The lowest BCUT2D eigenvalue weighted by Gasteiger charge is -2.18. The van der Waals surface area contributed by atoms with Crippen LogP contribution in [0.25, 0.3) is 0 Å². The highest BCUT2D eigenvalue weighted by Crippen LogP contribution is 2.27. The summed E-state index contributed by atoms with van der Waals surface area (Å²) >= 11 is 5.99. The molecule has 5 heteroatoms. The van der Waals surface area contributed by atoms with E-state index in [1.807, 2.05) is 6.92 Å². The van der Waals surface area contributed by atoms with Crippen LogP contribution in [0, 0.1) is 11.6 Å². The highest BCUT2D eigenvalue weighted by atomic mass is 35.5. The first-order valence-corrected chi connectivity index (χ1v) is 6.89. The summed E-state index contributed by atoms with van der Waals surface area (Å²) in [6.45, 7) is 2.83. The maximum absolute atomic E-state index is 13.2. The van der Waals surface area contributed by atoms with E-state index in [2.05, 4.69) is 5.32 Å². The Labute approximate surface area is 121 Å². The first kappa shape index (κ1) is 15.0. The highest BCUT2D eigenvalue weighted by molar-refractivity contribution is 6.29.